The Labute approximate surface area is 151 Å². The highest BCUT2D eigenvalue weighted by atomic mass is 14.3. The predicted molar refractivity (Wildman–Crippen MR) is 109 cm³/mol. The van der Waals surface area contributed by atoms with Gasteiger partial charge in [0.2, 0.25) is 0 Å². The standard InChI is InChI=1S/C25H28/c1-2-5-19-8-10-21(11-9-19)22-12-14-23(15-13-22)25-17-16-20-6-3-4-7-24(20)18-25/h3-4,6-7,12-19,21H,2,5,8-11H2,1H3. The highest BCUT2D eigenvalue weighted by molar-refractivity contribution is 5.87. The molecule has 0 nitrogen and oxygen atoms in total. The van der Waals surface area contributed by atoms with Gasteiger partial charge in [0.25, 0.3) is 0 Å². The molecule has 0 bridgehead atoms. The Balaban J connectivity index is 1.50. The number of fused-ring (bicyclic) bond motifs is 1. The summed E-state index contributed by atoms with van der Waals surface area (Å²) in [7, 11) is 0. The molecule has 0 N–H and O–H groups in total. The number of hydrogen-bond donors (Lipinski definition) is 0. The van der Waals surface area contributed by atoms with Crippen molar-refractivity contribution in [2.24, 2.45) is 5.92 Å². The molecule has 0 unspecified atom stereocenters. The van der Waals surface area contributed by atoms with Crippen molar-refractivity contribution in [3.05, 3.63) is 72.3 Å². The largest absolute Gasteiger partial charge is 0.0654 e. The minimum Gasteiger partial charge on any atom is -0.0654 e. The van der Waals surface area contributed by atoms with Crippen molar-refractivity contribution < 1.29 is 0 Å². The minimum absolute atomic E-state index is 0.777. The quantitative estimate of drug-likeness (QED) is 0.463. The molecule has 0 amide bonds. The molecule has 0 atom stereocenters. The van der Waals surface area contributed by atoms with Crippen LogP contribution in [0.1, 0.15) is 56.9 Å². The average Bonchev–Trinajstić information content (AvgIpc) is 2.69. The van der Waals surface area contributed by atoms with E-state index in [4.69, 9.17) is 0 Å². The van der Waals surface area contributed by atoms with Crippen LogP contribution in [0.2, 0.25) is 0 Å². The third-order valence-electron chi connectivity index (χ3n) is 6.01. The zero-order valence-electron chi connectivity index (χ0n) is 15.2. The Kier molecular flexibility index (Phi) is 4.88. The van der Waals surface area contributed by atoms with Crippen LogP contribution in [0.25, 0.3) is 21.9 Å². The first-order valence-corrected chi connectivity index (χ1v) is 9.92. The Morgan fingerprint density at radius 3 is 2.12 bits per heavy atom. The molecule has 128 valence electrons. The maximum absolute atomic E-state index is 2.37. The molecule has 0 aliphatic heterocycles. The topological polar surface area (TPSA) is 0 Å². The summed E-state index contributed by atoms with van der Waals surface area (Å²) in [5.41, 5.74) is 4.19. The van der Waals surface area contributed by atoms with E-state index in [0.29, 0.717) is 0 Å². The van der Waals surface area contributed by atoms with Crippen molar-refractivity contribution in [1.29, 1.82) is 0 Å². The van der Waals surface area contributed by atoms with Crippen LogP contribution in [0.15, 0.2) is 66.7 Å². The fourth-order valence-electron chi connectivity index (χ4n) is 4.51. The van der Waals surface area contributed by atoms with E-state index < -0.39 is 0 Å². The molecule has 0 heteroatoms. The zero-order valence-corrected chi connectivity index (χ0v) is 15.2. The second-order valence-corrected chi connectivity index (χ2v) is 7.69. The average molecular weight is 328 g/mol. The van der Waals surface area contributed by atoms with Crippen LogP contribution in [0.5, 0.6) is 0 Å². The highest BCUT2D eigenvalue weighted by Crippen LogP contribution is 2.38. The summed E-state index contributed by atoms with van der Waals surface area (Å²) in [6, 6.07) is 24.7. The molecule has 0 spiro atoms. The van der Waals surface area contributed by atoms with Gasteiger partial charge < -0.3 is 0 Å². The van der Waals surface area contributed by atoms with Crippen LogP contribution in [0, 0.1) is 5.92 Å². The van der Waals surface area contributed by atoms with Crippen LogP contribution >= 0.6 is 0 Å². The molecule has 1 fully saturated rings. The van der Waals surface area contributed by atoms with E-state index in [1.807, 2.05) is 0 Å². The summed E-state index contributed by atoms with van der Waals surface area (Å²) in [4.78, 5) is 0. The van der Waals surface area contributed by atoms with Gasteiger partial charge in [0, 0.05) is 0 Å². The molecule has 3 aromatic carbocycles. The van der Waals surface area contributed by atoms with E-state index in [1.165, 1.54) is 60.4 Å². The normalized spacial score (nSPS) is 20.7. The van der Waals surface area contributed by atoms with E-state index >= 15 is 0 Å². The summed E-state index contributed by atoms with van der Waals surface area (Å²) in [5, 5.41) is 2.63. The minimum atomic E-state index is 0.777. The lowest BCUT2D eigenvalue weighted by Crippen LogP contribution is -2.13. The molecule has 0 radical (unpaired) electrons. The molecule has 3 aromatic rings. The SMILES string of the molecule is CCCC1CCC(c2ccc(-c3ccc4ccccc4c3)cc2)CC1. The number of benzene rings is 3. The summed E-state index contributed by atoms with van der Waals surface area (Å²) in [5.74, 6) is 1.76. The van der Waals surface area contributed by atoms with Crippen LogP contribution in [0.4, 0.5) is 0 Å². The maximum Gasteiger partial charge on any atom is -0.0162 e. The van der Waals surface area contributed by atoms with Gasteiger partial charge in [-0.3, -0.25) is 0 Å². The third-order valence-corrected chi connectivity index (χ3v) is 6.01. The first-order valence-electron chi connectivity index (χ1n) is 9.92. The van der Waals surface area contributed by atoms with Gasteiger partial charge >= 0.3 is 0 Å². The summed E-state index contributed by atoms with van der Waals surface area (Å²) >= 11 is 0. The van der Waals surface area contributed by atoms with Crippen molar-refractivity contribution >= 4 is 10.8 Å². The summed E-state index contributed by atoms with van der Waals surface area (Å²) < 4.78 is 0. The fraction of sp³-hybridized carbons (Fsp3) is 0.360. The van der Waals surface area contributed by atoms with Crippen LogP contribution in [0.3, 0.4) is 0 Å². The van der Waals surface area contributed by atoms with E-state index in [9.17, 15) is 0 Å². The number of hydrogen-bond acceptors (Lipinski definition) is 0. The molecular weight excluding hydrogens is 300 g/mol. The van der Waals surface area contributed by atoms with Gasteiger partial charge in [0.1, 0.15) is 0 Å². The van der Waals surface area contributed by atoms with Gasteiger partial charge in [-0.1, -0.05) is 80.4 Å². The molecule has 0 saturated heterocycles. The summed E-state index contributed by atoms with van der Waals surface area (Å²) in [6.45, 7) is 2.32. The molecule has 1 saturated carbocycles. The van der Waals surface area contributed by atoms with Crippen LogP contribution in [-0.4, -0.2) is 0 Å². The lowest BCUT2D eigenvalue weighted by atomic mass is 9.77. The fourth-order valence-corrected chi connectivity index (χ4v) is 4.51. The molecule has 1 aliphatic rings. The van der Waals surface area contributed by atoms with E-state index in [2.05, 4.69) is 73.7 Å². The molecule has 1 aliphatic carbocycles. The first-order chi connectivity index (χ1) is 12.3. The van der Waals surface area contributed by atoms with Crippen molar-refractivity contribution in [3.8, 4) is 11.1 Å². The number of rotatable bonds is 4. The Bertz CT molecular complexity index is 820. The first kappa shape index (κ1) is 16.4. The molecule has 0 heterocycles. The molecule has 4 rings (SSSR count). The summed E-state index contributed by atoms with van der Waals surface area (Å²) in [6.07, 6.45) is 8.36. The lowest BCUT2D eigenvalue weighted by molar-refractivity contribution is 0.308. The van der Waals surface area contributed by atoms with Gasteiger partial charge in [-0.2, -0.15) is 0 Å². The second-order valence-electron chi connectivity index (χ2n) is 7.69. The van der Waals surface area contributed by atoms with E-state index in [1.54, 1.807) is 5.56 Å². The molecule has 25 heavy (non-hydrogen) atoms. The monoisotopic (exact) mass is 328 g/mol. The maximum atomic E-state index is 2.37. The molecule has 0 aromatic heterocycles. The highest BCUT2D eigenvalue weighted by Gasteiger charge is 2.21. The van der Waals surface area contributed by atoms with Crippen molar-refractivity contribution in [1.82, 2.24) is 0 Å². The second kappa shape index (κ2) is 7.44. The van der Waals surface area contributed by atoms with Crippen molar-refractivity contribution in [2.75, 3.05) is 0 Å². The van der Waals surface area contributed by atoms with Gasteiger partial charge in [-0.15, -0.1) is 0 Å². The van der Waals surface area contributed by atoms with Gasteiger partial charge in [-0.25, -0.2) is 0 Å². The van der Waals surface area contributed by atoms with Gasteiger partial charge in [0.05, 0.1) is 0 Å². The Morgan fingerprint density at radius 1 is 0.720 bits per heavy atom. The van der Waals surface area contributed by atoms with Crippen LogP contribution < -0.4 is 0 Å². The molecular formula is C25H28. The lowest BCUT2D eigenvalue weighted by Gasteiger charge is -2.28. The third kappa shape index (κ3) is 3.63. The zero-order chi connectivity index (χ0) is 17.1. The van der Waals surface area contributed by atoms with Crippen LogP contribution in [-0.2, 0) is 0 Å². The van der Waals surface area contributed by atoms with E-state index in [-0.39, 0.29) is 0 Å². The predicted octanol–water partition coefficient (Wildman–Crippen LogP) is 7.58. The Morgan fingerprint density at radius 2 is 1.40 bits per heavy atom. The van der Waals surface area contributed by atoms with E-state index in [0.717, 1.165) is 11.8 Å². The Hall–Kier alpha value is -2.08. The van der Waals surface area contributed by atoms with Crippen molar-refractivity contribution in [3.63, 3.8) is 0 Å². The van der Waals surface area contributed by atoms with Gasteiger partial charge in [-0.05, 0) is 71.0 Å². The van der Waals surface area contributed by atoms with Crippen molar-refractivity contribution in [2.45, 2.75) is 51.4 Å². The van der Waals surface area contributed by atoms with Gasteiger partial charge in [0.15, 0.2) is 0 Å². The smallest absolute Gasteiger partial charge is 0.0162 e.